The average molecular weight is 538 g/mol. The highest BCUT2D eigenvalue weighted by atomic mass is 127. The predicted octanol–water partition coefficient (Wildman–Crippen LogP) is 4.31. The van der Waals surface area contributed by atoms with Crippen LogP contribution in [-0.2, 0) is 11.2 Å². The molecule has 0 aliphatic rings. The van der Waals surface area contributed by atoms with E-state index in [4.69, 9.17) is 13.9 Å². The molecule has 26 heavy (non-hydrogen) atoms. The molecule has 1 heterocycles. The molecule has 6 nitrogen and oxygen atoms in total. The Labute approximate surface area is 179 Å². The van der Waals surface area contributed by atoms with E-state index in [0.29, 0.717) is 25.7 Å². The molecule has 8 heteroatoms. The smallest absolute Gasteiger partial charge is 0.195 e. The van der Waals surface area contributed by atoms with E-state index in [0.717, 1.165) is 34.7 Å². The van der Waals surface area contributed by atoms with Gasteiger partial charge < -0.3 is 24.5 Å². The van der Waals surface area contributed by atoms with Crippen LogP contribution < -0.4 is 15.4 Å². The number of furan rings is 1. The van der Waals surface area contributed by atoms with E-state index >= 15 is 0 Å². The Morgan fingerprint density at radius 1 is 1.23 bits per heavy atom. The summed E-state index contributed by atoms with van der Waals surface area (Å²) in [5.41, 5.74) is 0.915. The zero-order valence-corrected chi connectivity index (χ0v) is 18.9. The molecule has 1 aromatic carbocycles. The Bertz CT molecular complexity index is 679. The van der Waals surface area contributed by atoms with Gasteiger partial charge in [-0.1, -0.05) is 6.07 Å². The van der Waals surface area contributed by atoms with Crippen LogP contribution in [0.4, 0.5) is 5.69 Å². The first-order valence-electron chi connectivity index (χ1n) is 8.15. The number of methoxy groups -OCH3 is 1. The molecule has 0 radical (unpaired) electrons. The summed E-state index contributed by atoms with van der Waals surface area (Å²) in [7, 11) is 3.43. The Morgan fingerprint density at radius 3 is 2.77 bits per heavy atom. The highest BCUT2D eigenvalue weighted by Gasteiger charge is 2.03. The standard InChI is InChI=1S/C18H24BrN3O3.HI/c1-20-18(21-10-9-15-7-8-17(19)25-15)22-14-5-3-6-16(13-14)24-12-4-11-23-2;/h3,5-8,13H,4,9-12H2,1-2H3,(H2,20,21,22);1H. The highest BCUT2D eigenvalue weighted by Crippen LogP contribution is 2.17. The molecule has 0 amide bonds. The number of hydrogen-bond donors (Lipinski definition) is 2. The van der Waals surface area contributed by atoms with E-state index in [2.05, 4.69) is 31.6 Å². The van der Waals surface area contributed by atoms with Gasteiger partial charge in [-0.15, -0.1) is 24.0 Å². The lowest BCUT2D eigenvalue weighted by molar-refractivity contribution is 0.172. The van der Waals surface area contributed by atoms with Crippen molar-refractivity contribution < 1.29 is 13.9 Å². The zero-order chi connectivity index (χ0) is 17.9. The van der Waals surface area contributed by atoms with Gasteiger partial charge in [-0.2, -0.15) is 0 Å². The lowest BCUT2D eigenvalue weighted by Crippen LogP contribution is -2.32. The average Bonchev–Trinajstić information content (AvgIpc) is 3.03. The summed E-state index contributed by atoms with van der Waals surface area (Å²) in [4.78, 5) is 4.23. The van der Waals surface area contributed by atoms with Gasteiger partial charge in [-0.25, -0.2) is 0 Å². The maximum atomic E-state index is 5.71. The summed E-state index contributed by atoms with van der Waals surface area (Å²) in [6, 6.07) is 11.6. The first-order chi connectivity index (χ1) is 12.2. The largest absolute Gasteiger partial charge is 0.493 e. The van der Waals surface area contributed by atoms with Gasteiger partial charge in [0.1, 0.15) is 11.5 Å². The Hall–Kier alpha value is -1.26. The third-order valence-electron chi connectivity index (χ3n) is 3.37. The molecule has 2 aromatic rings. The van der Waals surface area contributed by atoms with Gasteiger partial charge in [0.25, 0.3) is 0 Å². The van der Waals surface area contributed by atoms with Gasteiger partial charge >= 0.3 is 0 Å². The molecule has 0 saturated heterocycles. The normalized spacial score (nSPS) is 11.0. The lowest BCUT2D eigenvalue weighted by Gasteiger charge is -2.13. The molecule has 0 bridgehead atoms. The molecule has 0 saturated carbocycles. The molecule has 0 spiro atoms. The zero-order valence-electron chi connectivity index (χ0n) is 15.0. The summed E-state index contributed by atoms with van der Waals surface area (Å²) < 4.78 is 16.9. The van der Waals surface area contributed by atoms with Crippen molar-refractivity contribution >= 4 is 51.6 Å². The van der Waals surface area contributed by atoms with Crippen LogP contribution in [0.5, 0.6) is 5.75 Å². The van der Waals surface area contributed by atoms with Crippen LogP contribution in [0.1, 0.15) is 12.2 Å². The Balaban J connectivity index is 0.00000338. The molecular formula is C18H25BrIN3O3. The van der Waals surface area contributed by atoms with Gasteiger partial charge in [-0.05, 0) is 40.2 Å². The summed E-state index contributed by atoms with van der Waals surface area (Å²) in [6.07, 6.45) is 1.63. The monoisotopic (exact) mass is 537 g/mol. The van der Waals surface area contributed by atoms with Crippen molar-refractivity contribution in [3.05, 3.63) is 46.8 Å². The first kappa shape index (κ1) is 22.8. The van der Waals surface area contributed by atoms with Crippen LogP contribution in [0.2, 0.25) is 0 Å². The van der Waals surface area contributed by atoms with E-state index in [1.165, 1.54) is 0 Å². The number of anilines is 1. The number of hydrogen-bond acceptors (Lipinski definition) is 4. The fraction of sp³-hybridized carbons (Fsp3) is 0.389. The molecule has 0 unspecified atom stereocenters. The van der Waals surface area contributed by atoms with Gasteiger partial charge in [-0.3, -0.25) is 4.99 Å². The van der Waals surface area contributed by atoms with Crippen LogP contribution in [0.25, 0.3) is 0 Å². The number of guanidine groups is 1. The summed E-state index contributed by atoms with van der Waals surface area (Å²) >= 11 is 3.30. The molecule has 2 N–H and O–H groups in total. The van der Waals surface area contributed by atoms with Crippen molar-refractivity contribution in [3.8, 4) is 5.75 Å². The second-order valence-corrected chi connectivity index (χ2v) is 6.08. The van der Waals surface area contributed by atoms with Crippen molar-refractivity contribution in [1.82, 2.24) is 5.32 Å². The van der Waals surface area contributed by atoms with Crippen molar-refractivity contribution in [2.75, 3.05) is 39.2 Å². The number of aliphatic imine (C=N–C) groups is 1. The number of nitrogens with one attached hydrogen (secondary N) is 2. The summed E-state index contributed by atoms with van der Waals surface area (Å²) in [5.74, 6) is 2.43. The van der Waals surface area contributed by atoms with E-state index in [1.807, 2.05) is 36.4 Å². The Morgan fingerprint density at radius 2 is 2.08 bits per heavy atom. The number of ether oxygens (including phenoxy) is 2. The van der Waals surface area contributed by atoms with Crippen molar-refractivity contribution in [2.45, 2.75) is 12.8 Å². The maximum Gasteiger partial charge on any atom is 0.195 e. The minimum absolute atomic E-state index is 0. The fourth-order valence-corrected chi connectivity index (χ4v) is 2.50. The molecule has 0 aliphatic carbocycles. The van der Waals surface area contributed by atoms with Crippen molar-refractivity contribution in [3.63, 3.8) is 0 Å². The SMILES string of the molecule is CN=C(NCCc1ccc(Br)o1)Nc1cccc(OCCCOC)c1.I. The molecule has 1 aromatic heterocycles. The van der Waals surface area contributed by atoms with E-state index < -0.39 is 0 Å². The minimum atomic E-state index is 0. The third-order valence-corrected chi connectivity index (χ3v) is 3.80. The van der Waals surface area contributed by atoms with Gasteiger partial charge in [0, 0.05) is 51.9 Å². The minimum Gasteiger partial charge on any atom is -0.493 e. The van der Waals surface area contributed by atoms with Crippen molar-refractivity contribution in [1.29, 1.82) is 0 Å². The maximum absolute atomic E-state index is 5.71. The number of benzene rings is 1. The molecular weight excluding hydrogens is 513 g/mol. The second kappa shape index (κ2) is 13.0. The number of halogens is 2. The molecule has 0 aliphatic heterocycles. The van der Waals surface area contributed by atoms with Crippen molar-refractivity contribution in [2.24, 2.45) is 4.99 Å². The molecule has 0 atom stereocenters. The lowest BCUT2D eigenvalue weighted by atomic mass is 10.3. The quantitative estimate of drug-likeness (QED) is 0.216. The van der Waals surface area contributed by atoms with Gasteiger partial charge in [0.2, 0.25) is 0 Å². The topological polar surface area (TPSA) is 68.0 Å². The van der Waals surface area contributed by atoms with E-state index in [9.17, 15) is 0 Å². The molecule has 0 fully saturated rings. The highest BCUT2D eigenvalue weighted by molar-refractivity contribution is 14.0. The van der Waals surface area contributed by atoms with E-state index in [1.54, 1.807) is 14.2 Å². The fourth-order valence-electron chi connectivity index (χ4n) is 2.16. The predicted molar refractivity (Wildman–Crippen MR) is 119 cm³/mol. The van der Waals surface area contributed by atoms with Crippen LogP contribution in [-0.4, -0.2) is 39.9 Å². The van der Waals surface area contributed by atoms with Gasteiger partial charge in [0.15, 0.2) is 10.6 Å². The van der Waals surface area contributed by atoms with Crippen LogP contribution in [0, 0.1) is 0 Å². The molecule has 2 rings (SSSR count). The van der Waals surface area contributed by atoms with Crippen LogP contribution >= 0.6 is 39.9 Å². The van der Waals surface area contributed by atoms with Crippen LogP contribution in [0.3, 0.4) is 0 Å². The van der Waals surface area contributed by atoms with Crippen LogP contribution in [0.15, 0.2) is 50.5 Å². The Kier molecular flexibility index (Phi) is 11.4. The summed E-state index contributed by atoms with van der Waals surface area (Å²) in [5, 5.41) is 6.52. The second-order valence-electron chi connectivity index (χ2n) is 5.30. The van der Waals surface area contributed by atoms with E-state index in [-0.39, 0.29) is 24.0 Å². The molecule has 144 valence electrons. The van der Waals surface area contributed by atoms with Gasteiger partial charge in [0.05, 0.1) is 6.61 Å². The summed E-state index contributed by atoms with van der Waals surface area (Å²) in [6.45, 7) is 2.04. The third kappa shape index (κ3) is 8.41. The first-order valence-corrected chi connectivity index (χ1v) is 8.94. The number of nitrogens with zero attached hydrogens (tertiary/aromatic N) is 1. The number of rotatable bonds is 9.